The van der Waals surface area contributed by atoms with E-state index in [1.54, 1.807) is 0 Å². The van der Waals surface area contributed by atoms with E-state index in [0.29, 0.717) is 10.3 Å². The Hall–Kier alpha value is 0.800. The van der Waals surface area contributed by atoms with Crippen LogP contribution in [0.4, 0.5) is 0 Å². The molecule has 0 spiro atoms. The summed E-state index contributed by atoms with van der Waals surface area (Å²) in [4.78, 5) is 20.3. The van der Waals surface area contributed by atoms with Crippen LogP contribution in [-0.2, 0) is 9.59 Å². The minimum Gasteiger partial charge on any atom is -0.303 e. The van der Waals surface area contributed by atoms with Crippen molar-refractivity contribution in [2.24, 2.45) is 0 Å². The highest BCUT2D eigenvalue weighted by Gasteiger charge is 2.13. The number of aldehydes is 2. The predicted octanol–water partition coefficient (Wildman–Crippen LogP) is 2.55. The minimum atomic E-state index is 0.111. The fourth-order valence-electron chi connectivity index (χ4n) is 0.811. The van der Waals surface area contributed by atoms with Gasteiger partial charge >= 0.3 is 0 Å². The Morgan fingerprint density at radius 1 is 1.17 bits per heavy atom. The first kappa shape index (κ1) is 12.8. The third kappa shape index (κ3) is 6.33. The maximum Gasteiger partial charge on any atom is 0.133 e. The highest BCUT2D eigenvalue weighted by Crippen LogP contribution is 2.19. The van der Waals surface area contributed by atoms with Gasteiger partial charge in [-0.05, 0) is 12.8 Å². The zero-order chi connectivity index (χ0) is 9.40. The van der Waals surface area contributed by atoms with Crippen molar-refractivity contribution in [3.05, 3.63) is 0 Å². The molecule has 0 aromatic carbocycles. The number of rotatable bonds is 7. The summed E-state index contributed by atoms with van der Waals surface area (Å²) in [6.45, 7) is 0. The van der Waals surface area contributed by atoms with Crippen molar-refractivity contribution in [1.82, 2.24) is 0 Å². The Bertz CT molecular complexity index is 139. The van der Waals surface area contributed by atoms with E-state index in [0.717, 1.165) is 31.8 Å². The number of carbonyl (C=O) groups excluding carboxylic acids is 2. The number of alkyl halides is 2. The first-order valence-electron chi connectivity index (χ1n) is 3.89. The Labute approximate surface area is 100 Å². The molecule has 0 radical (unpaired) electrons. The fourth-order valence-corrected chi connectivity index (χ4v) is 1.78. The van der Waals surface area contributed by atoms with Gasteiger partial charge in [0.25, 0.3) is 0 Å². The lowest BCUT2D eigenvalue weighted by Gasteiger charge is -2.09. The molecule has 0 aliphatic carbocycles. The molecule has 0 saturated carbocycles. The minimum absolute atomic E-state index is 0.111. The van der Waals surface area contributed by atoms with Gasteiger partial charge in [0.2, 0.25) is 0 Å². The van der Waals surface area contributed by atoms with Crippen LogP contribution in [0.3, 0.4) is 0 Å². The van der Waals surface area contributed by atoms with Crippen molar-refractivity contribution < 1.29 is 9.59 Å². The highest BCUT2D eigenvalue weighted by atomic mass is 127. The van der Waals surface area contributed by atoms with Crippen molar-refractivity contribution in [2.45, 2.75) is 33.5 Å². The van der Waals surface area contributed by atoms with Crippen LogP contribution in [-0.4, -0.2) is 20.4 Å². The molecule has 0 rings (SSSR count). The van der Waals surface area contributed by atoms with Crippen molar-refractivity contribution in [2.75, 3.05) is 0 Å². The van der Waals surface area contributed by atoms with E-state index in [4.69, 9.17) is 0 Å². The third-order valence-corrected chi connectivity index (χ3v) is 5.46. The van der Waals surface area contributed by atoms with Crippen LogP contribution in [0, 0.1) is 0 Å². The van der Waals surface area contributed by atoms with Crippen molar-refractivity contribution in [3.8, 4) is 0 Å². The summed E-state index contributed by atoms with van der Waals surface area (Å²) in [5, 5.41) is 0. The number of carbonyl (C=O) groups is 2. The Balaban J connectivity index is 3.36. The van der Waals surface area contributed by atoms with E-state index in [1.165, 1.54) is 0 Å². The summed E-state index contributed by atoms with van der Waals surface area (Å²) < 4.78 is 0.520. The molecule has 70 valence electrons. The smallest absolute Gasteiger partial charge is 0.133 e. The van der Waals surface area contributed by atoms with Crippen LogP contribution in [0.15, 0.2) is 0 Å². The molecule has 0 saturated heterocycles. The van der Waals surface area contributed by atoms with Gasteiger partial charge in [0, 0.05) is 10.3 Å². The number of halogens is 2. The molecule has 0 aliphatic rings. The number of hydrogen-bond acceptors (Lipinski definition) is 2. The van der Waals surface area contributed by atoms with Gasteiger partial charge in [0.15, 0.2) is 0 Å². The molecule has 0 aliphatic heterocycles. The molecule has 0 N–H and O–H groups in total. The molecule has 0 heterocycles. The van der Waals surface area contributed by atoms with Gasteiger partial charge in [0.1, 0.15) is 12.6 Å². The molecule has 0 amide bonds. The molecule has 2 atom stereocenters. The van der Waals surface area contributed by atoms with E-state index in [2.05, 4.69) is 45.2 Å². The van der Waals surface area contributed by atoms with Gasteiger partial charge < -0.3 is 9.59 Å². The lowest BCUT2D eigenvalue weighted by atomic mass is 10.1. The monoisotopic (exact) mass is 394 g/mol. The molecular formula is C8H12I2O2. The average molecular weight is 394 g/mol. The van der Waals surface area contributed by atoms with Crippen molar-refractivity contribution in [1.29, 1.82) is 0 Å². The highest BCUT2D eigenvalue weighted by molar-refractivity contribution is 14.1. The first-order chi connectivity index (χ1) is 5.72. The van der Waals surface area contributed by atoms with Crippen LogP contribution < -0.4 is 0 Å². The second kappa shape index (κ2) is 8.40. The maximum atomic E-state index is 10.4. The standard InChI is InChI=1S/C8H12I2O2/c9-7(8(10)6-12)4-2-1-3-5-11/h5-8H,1-4H2. The van der Waals surface area contributed by atoms with Gasteiger partial charge in [-0.15, -0.1) is 0 Å². The zero-order valence-electron chi connectivity index (χ0n) is 6.71. The van der Waals surface area contributed by atoms with Crippen LogP contribution in [0.2, 0.25) is 0 Å². The summed E-state index contributed by atoms with van der Waals surface area (Å²) in [6.07, 6.45) is 5.60. The first-order valence-corrected chi connectivity index (χ1v) is 6.38. The van der Waals surface area contributed by atoms with E-state index in [-0.39, 0.29) is 3.92 Å². The molecule has 2 nitrogen and oxygen atoms in total. The van der Waals surface area contributed by atoms with Crippen LogP contribution >= 0.6 is 45.2 Å². The van der Waals surface area contributed by atoms with E-state index in [1.807, 2.05) is 0 Å². The quantitative estimate of drug-likeness (QED) is 0.288. The molecule has 0 aromatic rings. The van der Waals surface area contributed by atoms with Crippen LogP contribution in [0.5, 0.6) is 0 Å². The topological polar surface area (TPSA) is 34.1 Å². The number of unbranched alkanes of at least 4 members (excludes halogenated alkanes) is 2. The molecule has 0 fully saturated rings. The van der Waals surface area contributed by atoms with Crippen LogP contribution in [0.1, 0.15) is 25.7 Å². The number of hydrogen-bond donors (Lipinski definition) is 0. The van der Waals surface area contributed by atoms with Crippen molar-refractivity contribution >= 4 is 57.8 Å². The van der Waals surface area contributed by atoms with Gasteiger partial charge in [-0.3, -0.25) is 0 Å². The molecule has 12 heavy (non-hydrogen) atoms. The van der Waals surface area contributed by atoms with E-state index < -0.39 is 0 Å². The summed E-state index contributed by atoms with van der Waals surface area (Å²) in [5.74, 6) is 0. The lowest BCUT2D eigenvalue weighted by molar-refractivity contribution is -0.108. The lowest BCUT2D eigenvalue weighted by Crippen LogP contribution is -2.14. The SMILES string of the molecule is O=CCCCCC(I)C(I)C=O. The molecule has 0 bridgehead atoms. The molecule has 2 unspecified atom stereocenters. The zero-order valence-corrected chi connectivity index (χ0v) is 11.0. The molecular weight excluding hydrogens is 382 g/mol. The Morgan fingerprint density at radius 2 is 1.83 bits per heavy atom. The summed E-state index contributed by atoms with van der Waals surface area (Å²) in [5.41, 5.74) is 0. The van der Waals surface area contributed by atoms with E-state index >= 15 is 0 Å². The van der Waals surface area contributed by atoms with Crippen LogP contribution in [0.25, 0.3) is 0 Å². The fraction of sp³-hybridized carbons (Fsp3) is 0.750. The van der Waals surface area contributed by atoms with Gasteiger partial charge in [-0.1, -0.05) is 51.6 Å². The summed E-state index contributed by atoms with van der Waals surface area (Å²) in [7, 11) is 0. The summed E-state index contributed by atoms with van der Waals surface area (Å²) in [6, 6.07) is 0. The second-order valence-corrected chi connectivity index (χ2v) is 5.59. The largest absolute Gasteiger partial charge is 0.303 e. The van der Waals surface area contributed by atoms with Gasteiger partial charge in [0.05, 0.1) is 3.92 Å². The van der Waals surface area contributed by atoms with Crippen molar-refractivity contribution in [3.63, 3.8) is 0 Å². The van der Waals surface area contributed by atoms with Gasteiger partial charge in [-0.2, -0.15) is 0 Å². The Morgan fingerprint density at radius 3 is 2.33 bits per heavy atom. The molecule has 0 aromatic heterocycles. The predicted molar refractivity (Wildman–Crippen MR) is 66.2 cm³/mol. The molecule has 4 heteroatoms. The second-order valence-electron chi connectivity index (χ2n) is 2.55. The average Bonchev–Trinajstić information content (AvgIpc) is 2.10. The van der Waals surface area contributed by atoms with E-state index in [9.17, 15) is 9.59 Å². The third-order valence-electron chi connectivity index (χ3n) is 1.53. The maximum absolute atomic E-state index is 10.4. The summed E-state index contributed by atoms with van der Waals surface area (Å²) >= 11 is 4.44. The normalized spacial score (nSPS) is 15.2. The van der Waals surface area contributed by atoms with Gasteiger partial charge in [-0.25, -0.2) is 0 Å². The Kier molecular flexibility index (Phi) is 8.96.